The van der Waals surface area contributed by atoms with Crippen molar-refractivity contribution in [1.82, 2.24) is 40.1 Å². The Labute approximate surface area is 372 Å². The minimum Gasteiger partial charge on any atom is -0.308 e. The zero-order valence-electron chi connectivity index (χ0n) is 32.7. The molecule has 4 heterocycles. The topological polar surface area (TPSA) is 276 Å². The molecular formula is C41H27Cl2N13O9. The van der Waals surface area contributed by atoms with E-state index in [1.165, 1.54) is 6.07 Å². The fourth-order valence-electron chi connectivity index (χ4n) is 5.85. The van der Waals surface area contributed by atoms with E-state index in [1.54, 1.807) is 127 Å². The van der Waals surface area contributed by atoms with Gasteiger partial charge in [-0.3, -0.25) is 14.4 Å². The average Bonchev–Trinajstić information content (AvgIpc) is 4.12. The molecule has 0 aliphatic rings. The van der Waals surface area contributed by atoms with Crippen LogP contribution in [0.25, 0.3) is 34.4 Å². The minimum atomic E-state index is -0.878. The van der Waals surface area contributed by atoms with Crippen molar-refractivity contribution in [3.63, 3.8) is 0 Å². The molecule has 5 aromatic carbocycles. The van der Waals surface area contributed by atoms with E-state index in [0.717, 1.165) is 9.13 Å². The van der Waals surface area contributed by atoms with E-state index in [2.05, 4.69) is 52.2 Å². The highest BCUT2D eigenvalue weighted by molar-refractivity contribution is 6.31. The highest BCUT2D eigenvalue weighted by atomic mass is 35.5. The van der Waals surface area contributed by atoms with Crippen LogP contribution in [0.3, 0.4) is 0 Å². The Bertz CT molecular complexity index is 3170. The van der Waals surface area contributed by atoms with Gasteiger partial charge in [0, 0.05) is 27.1 Å². The maximum atomic E-state index is 13.3. The van der Waals surface area contributed by atoms with Gasteiger partial charge in [-0.2, -0.15) is 4.90 Å². The van der Waals surface area contributed by atoms with Crippen LogP contribution in [0.5, 0.6) is 0 Å². The van der Waals surface area contributed by atoms with Crippen molar-refractivity contribution in [3.8, 4) is 34.4 Å². The second-order valence-corrected chi connectivity index (χ2v) is 13.8. The number of nitrogens with zero attached hydrogens (tertiary/aromatic N) is 9. The van der Waals surface area contributed by atoms with Gasteiger partial charge in [-0.15, -0.1) is 0 Å². The van der Waals surface area contributed by atoms with E-state index in [1.807, 2.05) is 6.07 Å². The predicted octanol–water partition coefficient (Wildman–Crippen LogP) is 7.97. The van der Waals surface area contributed by atoms with Crippen molar-refractivity contribution in [2.75, 3.05) is 26.2 Å². The van der Waals surface area contributed by atoms with Gasteiger partial charge in [0.15, 0.2) is 11.4 Å². The van der Waals surface area contributed by atoms with E-state index in [-0.39, 0.29) is 34.7 Å². The van der Waals surface area contributed by atoms with Crippen LogP contribution in [0.1, 0.15) is 0 Å². The number of anilines is 5. The lowest BCUT2D eigenvalue weighted by Gasteiger charge is -2.19. The number of hydrogen-bond donors (Lipinski definition) is 4. The molecule has 0 spiro atoms. The third kappa shape index (κ3) is 9.83. The monoisotopic (exact) mass is 915 g/mol. The number of para-hydroxylation sites is 3. The van der Waals surface area contributed by atoms with Gasteiger partial charge in [0.25, 0.3) is 0 Å². The molecule has 0 fully saturated rings. The summed E-state index contributed by atoms with van der Waals surface area (Å²) < 4.78 is 21.4. The summed E-state index contributed by atoms with van der Waals surface area (Å²) in [7, 11) is 0. The summed E-state index contributed by atoms with van der Waals surface area (Å²) in [6.07, 6.45) is 0. The molecule has 0 aliphatic heterocycles. The van der Waals surface area contributed by atoms with Crippen LogP contribution in [-0.2, 0) is 0 Å². The molecule has 0 unspecified atom stereocenters. The van der Waals surface area contributed by atoms with Crippen LogP contribution in [0.4, 0.5) is 43.1 Å². The van der Waals surface area contributed by atoms with Crippen LogP contribution >= 0.6 is 23.2 Å². The highest BCUT2D eigenvalue weighted by Gasteiger charge is 2.34. The smallest absolute Gasteiger partial charge is 0.308 e. The Balaban J connectivity index is 0.000000184. The average molecular weight is 917 g/mol. The van der Waals surface area contributed by atoms with Gasteiger partial charge in [-0.1, -0.05) is 100 Å². The number of urea groups is 3. The van der Waals surface area contributed by atoms with Crippen LogP contribution < -0.4 is 37.7 Å². The van der Waals surface area contributed by atoms with Gasteiger partial charge in [0.05, 0.1) is 11.4 Å². The first-order chi connectivity index (χ1) is 31.6. The molecule has 4 N–H and O–H groups in total. The first-order valence-corrected chi connectivity index (χ1v) is 19.4. The molecule has 0 aliphatic carbocycles. The van der Waals surface area contributed by atoms with Crippen LogP contribution in [0, 0.1) is 0 Å². The minimum absolute atomic E-state index is 0.00837. The molecule has 0 saturated heterocycles. The number of carbonyl (C=O) groups excluding carboxylic acids is 3. The van der Waals surface area contributed by atoms with Gasteiger partial charge >= 0.3 is 29.6 Å². The number of amides is 6. The lowest BCUT2D eigenvalue weighted by atomic mass is 10.3. The maximum absolute atomic E-state index is 13.3. The fourth-order valence-corrected chi connectivity index (χ4v) is 6.22. The molecule has 9 aromatic rings. The Hall–Kier alpha value is -9.15. The summed E-state index contributed by atoms with van der Waals surface area (Å²) in [6, 6.07) is 36.3. The van der Waals surface area contributed by atoms with Crippen molar-refractivity contribution in [1.29, 1.82) is 0 Å². The summed E-state index contributed by atoms with van der Waals surface area (Å²) in [6.45, 7) is 0. The Morgan fingerprint density at radius 1 is 0.492 bits per heavy atom. The molecule has 24 heteroatoms. The molecule has 9 rings (SSSR count). The number of hydrogen-bond acceptors (Lipinski definition) is 15. The van der Waals surface area contributed by atoms with Gasteiger partial charge < -0.3 is 16.0 Å². The molecule has 0 atom stereocenters. The SMILES string of the molecule is O=C(Nc1ccccc1)N(C(=O)Nc1ccccc1)c1nonc1-c1noc(=O)n1-c1cccc(Cl)c1.O=C(Nc1ccccc1)Nc1nonc1-c1noc(=O)n1-c1cccc(Cl)c1. The van der Waals surface area contributed by atoms with Crippen molar-refractivity contribution >= 4 is 70.0 Å². The lowest BCUT2D eigenvalue weighted by molar-refractivity contribution is 0.245. The molecule has 65 heavy (non-hydrogen) atoms. The van der Waals surface area contributed by atoms with Crippen molar-refractivity contribution < 1.29 is 32.7 Å². The van der Waals surface area contributed by atoms with E-state index >= 15 is 0 Å². The molecule has 0 saturated carbocycles. The number of nitrogens with one attached hydrogen (secondary N) is 4. The number of aromatic nitrogens is 8. The summed E-state index contributed by atoms with van der Waals surface area (Å²) in [5.41, 5.74) is 1.91. The van der Waals surface area contributed by atoms with Crippen molar-refractivity contribution in [2.24, 2.45) is 0 Å². The second-order valence-electron chi connectivity index (χ2n) is 12.9. The highest BCUT2D eigenvalue weighted by Crippen LogP contribution is 2.30. The van der Waals surface area contributed by atoms with Crippen molar-refractivity contribution in [3.05, 3.63) is 171 Å². The standard InChI is InChI=1S/C24H16ClN7O5.C17H11ClN6O4/c25-15-8-7-13-18(14-15)31-20(29-36-24(31)35)19-21(30-37-28-19)32(22(33)26-16-9-3-1-4-10-16)23(34)27-17-11-5-2-6-12-17;18-10-5-4-8-12(9-10)24-15(23-27-17(24)26)13-14(22-28-21-13)20-16(25)19-11-6-2-1-3-7-11/h1-14H,(H,26,33)(H,27,34);1-9H,(H2,19,20,22,25). The maximum Gasteiger partial charge on any atom is 0.446 e. The zero-order valence-corrected chi connectivity index (χ0v) is 34.2. The summed E-state index contributed by atoms with van der Waals surface area (Å²) in [4.78, 5) is 64.2. The Morgan fingerprint density at radius 2 is 0.938 bits per heavy atom. The number of carbonyl (C=O) groups is 3. The van der Waals surface area contributed by atoms with Gasteiger partial charge in [-0.05, 0) is 93.4 Å². The largest absolute Gasteiger partial charge is 0.446 e. The third-order valence-electron chi connectivity index (χ3n) is 8.66. The molecular weight excluding hydrogens is 889 g/mol. The van der Waals surface area contributed by atoms with E-state index in [4.69, 9.17) is 41.5 Å². The molecule has 22 nitrogen and oxygen atoms in total. The van der Waals surface area contributed by atoms with Crippen LogP contribution in [0.2, 0.25) is 10.0 Å². The fraction of sp³-hybridized carbons (Fsp3) is 0. The van der Waals surface area contributed by atoms with E-state index < -0.39 is 29.6 Å². The van der Waals surface area contributed by atoms with Gasteiger partial charge in [-0.25, -0.2) is 42.4 Å². The normalized spacial score (nSPS) is 10.6. The van der Waals surface area contributed by atoms with Crippen LogP contribution in [0.15, 0.2) is 167 Å². The van der Waals surface area contributed by atoms with Gasteiger partial charge in [0.1, 0.15) is 0 Å². The number of imide groups is 1. The number of halogens is 2. The van der Waals surface area contributed by atoms with Crippen LogP contribution in [-0.4, -0.2) is 58.2 Å². The summed E-state index contributed by atoms with van der Waals surface area (Å²) in [5, 5.41) is 33.6. The molecule has 6 amide bonds. The van der Waals surface area contributed by atoms with Crippen molar-refractivity contribution in [2.45, 2.75) is 0 Å². The van der Waals surface area contributed by atoms with Gasteiger partial charge in [0.2, 0.25) is 23.3 Å². The Kier molecular flexibility index (Phi) is 12.6. The summed E-state index contributed by atoms with van der Waals surface area (Å²) >= 11 is 12.1. The lowest BCUT2D eigenvalue weighted by Crippen LogP contribution is -2.43. The molecule has 0 radical (unpaired) electrons. The first-order valence-electron chi connectivity index (χ1n) is 18.6. The molecule has 4 aromatic heterocycles. The number of benzene rings is 5. The Morgan fingerprint density at radius 3 is 1.43 bits per heavy atom. The molecule has 0 bridgehead atoms. The summed E-state index contributed by atoms with van der Waals surface area (Å²) in [5.74, 6) is -2.19. The van der Waals surface area contributed by atoms with E-state index in [9.17, 15) is 24.0 Å². The van der Waals surface area contributed by atoms with E-state index in [0.29, 0.717) is 43.4 Å². The third-order valence-corrected chi connectivity index (χ3v) is 9.13. The predicted molar refractivity (Wildman–Crippen MR) is 233 cm³/mol. The zero-order chi connectivity index (χ0) is 45.3. The quantitative estimate of drug-likeness (QED) is 0.107. The molecule has 324 valence electrons. The first kappa shape index (κ1) is 42.5. The number of rotatable bonds is 9. The second kappa shape index (κ2) is 19.3.